The van der Waals surface area contributed by atoms with Crippen LogP contribution in [0.5, 0.6) is 0 Å². The normalized spacial score (nSPS) is 34.5. The van der Waals surface area contributed by atoms with Gasteiger partial charge >= 0.3 is 0 Å². The second-order valence-electron chi connectivity index (χ2n) is 3.76. The van der Waals surface area contributed by atoms with Crippen molar-refractivity contribution in [2.45, 2.75) is 62.1 Å². The molecular formula is C10H18Cl2. The van der Waals surface area contributed by atoms with E-state index in [1.54, 1.807) is 0 Å². The maximum Gasteiger partial charge on any atom is 0.0336 e. The highest BCUT2D eigenvalue weighted by Crippen LogP contribution is 2.22. The minimum atomic E-state index is 0.428. The Bertz CT molecular complexity index is 88.4. The number of alkyl halides is 2. The summed E-state index contributed by atoms with van der Waals surface area (Å²) in [6, 6.07) is 0. The van der Waals surface area contributed by atoms with Crippen LogP contribution in [-0.2, 0) is 0 Å². The topological polar surface area (TPSA) is 0 Å². The molecule has 0 aliphatic heterocycles. The molecule has 0 N–H and O–H groups in total. The van der Waals surface area contributed by atoms with Crippen LogP contribution in [0, 0.1) is 0 Å². The summed E-state index contributed by atoms with van der Waals surface area (Å²) in [6.45, 7) is 0. The molecule has 0 atom stereocenters. The van der Waals surface area contributed by atoms with E-state index < -0.39 is 0 Å². The average Bonchev–Trinajstić information content (AvgIpc) is 2.06. The number of hydrogen-bond donors (Lipinski definition) is 0. The molecule has 1 fully saturated rings. The van der Waals surface area contributed by atoms with Gasteiger partial charge in [-0.25, -0.2) is 0 Å². The molecule has 1 rings (SSSR count). The Hall–Kier alpha value is 0.580. The Morgan fingerprint density at radius 3 is 1.08 bits per heavy atom. The van der Waals surface area contributed by atoms with Crippen molar-refractivity contribution < 1.29 is 0 Å². The quantitative estimate of drug-likeness (QED) is 0.520. The first-order chi connectivity index (χ1) is 5.79. The molecule has 12 heavy (non-hydrogen) atoms. The van der Waals surface area contributed by atoms with Gasteiger partial charge < -0.3 is 0 Å². The van der Waals surface area contributed by atoms with Crippen LogP contribution in [0.2, 0.25) is 0 Å². The first-order valence-electron chi connectivity index (χ1n) is 5.07. The molecule has 0 aromatic rings. The first kappa shape index (κ1) is 10.7. The summed E-state index contributed by atoms with van der Waals surface area (Å²) in [5.41, 5.74) is 0. The maximum absolute atomic E-state index is 6.12. The second-order valence-corrected chi connectivity index (χ2v) is 5.00. The van der Waals surface area contributed by atoms with Crippen molar-refractivity contribution in [3.63, 3.8) is 0 Å². The van der Waals surface area contributed by atoms with Crippen LogP contribution in [-0.4, -0.2) is 10.8 Å². The molecule has 1 saturated carbocycles. The lowest BCUT2D eigenvalue weighted by molar-refractivity contribution is 0.512. The summed E-state index contributed by atoms with van der Waals surface area (Å²) in [7, 11) is 0. The molecule has 0 radical (unpaired) electrons. The predicted molar refractivity (Wildman–Crippen MR) is 56.2 cm³/mol. The lowest BCUT2D eigenvalue weighted by Gasteiger charge is -2.14. The van der Waals surface area contributed by atoms with E-state index in [2.05, 4.69) is 0 Å². The number of hydrogen-bond acceptors (Lipinski definition) is 0. The SMILES string of the molecule is ClC1CCCCC(Cl)CCCC1. The number of halogens is 2. The Balaban J connectivity index is 2.20. The van der Waals surface area contributed by atoms with E-state index in [0.29, 0.717) is 10.8 Å². The smallest absolute Gasteiger partial charge is 0.0336 e. The third kappa shape index (κ3) is 4.57. The minimum absolute atomic E-state index is 0.428. The van der Waals surface area contributed by atoms with Crippen LogP contribution in [0.25, 0.3) is 0 Å². The zero-order valence-corrected chi connectivity index (χ0v) is 9.08. The van der Waals surface area contributed by atoms with Gasteiger partial charge in [-0.05, 0) is 25.7 Å². The molecule has 0 aromatic carbocycles. The van der Waals surface area contributed by atoms with Crippen LogP contribution in [0.3, 0.4) is 0 Å². The molecule has 0 amide bonds. The molecule has 2 heteroatoms. The number of rotatable bonds is 0. The largest absolute Gasteiger partial charge is 0.123 e. The lowest BCUT2D eigenvalue weighted by atomic mass is 10.0. The molecule has 0 spiro atoms. The van der Waals surface area contributed by atoms with Gasteiger partial charge in [-0.15, -0.1) is 23.2 Å². The van der Waals surface area contributed by atoms with E-state index in [0.717, 1.165) is 0 Å². The fourth-order valence-corrected chi connectivity index (χ4v) is 2.37. The third-order valence-corrected chi connectivity index (χ3v) is 3.44. The van der Waals surface area contributed by atoms with Crippen molar-refractivity contribution in [1.82, 2.24) is 0 Å². The summed E-state index contributed by atoms with van der Waals surface area (Å²) in [6.07, 6.45) is 9.79. The molecule has 0 saturated heterocycles. The van der Waals surface area contributed by atoms with Crippen molar-refractivity contribution in [2.24, 2.45) is 0 Å². The summed E-state index contributed by atoms with van der Waals surface area (Å²) in [5.74, 6) is 0. The predicted octanol–water partition coefficient (Wildman–Crippen LogP) is 4.34. The average molecular weight is 209 g/mol. The van der Waals surface area contributed by atoms with Gasteiger partial charge in [0.15, 0.2) is 0 Å². The minimum Gasteiger partial charge on any atom is -0.123 e. The molecule has 72 valence electrons. The van der Waals surface area contributed by atoms with E-state index in [9.17, 15) is 0 Å². The van der Waals surface area contributed by atoms with Crippen LogP contribution in [0.4, 0.5) is 0 Å². The maximum atomic E-state index is 6.12. The fourth-order valence-electron chi connectivity index (χ4n) is 1.75. The Morgan fingerprint density at radius 2 is 0.833 bits per heavy atom. The summed E-state index contributed by atoms with van der Waals surface area (Å²) in [5, 5.41) is 0.855. The summed E-state index contributed by atoms with van der Waals surface area (Å²) >= 11 is 12.2. The lowest BCUT2D eigenvalue weighted by Crippen LogP contribution is -2.05. The van der Waals surface area contributed by atoms with E-state index in [1.165, 1.54) is 51.4 Å². The third-order valence-electron chi connectivity index (χ3n) is 2.57. The first-order valence-corrected chi connectivity index (χ1v) is 5.94. The van der Waals surface area contributed by atoms with Gasteiger partial charge in [-0.3, -0.25) is 0 Å². The van der Waals surface area contributed by atoms with Crippen LogP contribution in [0.15, 0.2) is 0 Å². The van der Waals surface area contributed by atoms with Crippen molar-refractivity contribution >= 4 is 23.2 Å². The second kappa shape index (κ2) is 6.10. The van der Waals surface area contributed by atoms with Gasteiger partial charge in [-0.1, -0.05) is 25.7 Å². The zero-order valence-electron chi connectivity index (χ0n) is 7.57. The Morgan fingerprint density at radius 1 is 0.583 bits per heavy atom. The van der Waals surface area contributed by atoms with Gasteiger partial charge in [0.2, 0.25) is 0 Å². The molecule has 0 aromatic heterocycles. The van der Waals surface area contributed by atoms with Crippen molar-refractivity contribution in [2.75, 3.05) is 0 Å². The Kier molecular flexibility index (Phi) is 5.42. The highest BCUT2D eigenvalue weighted by molar-refractivity contribution is 6.20. The van der Waals surface area contributed by atoms with E-state index in [4.69, 9.17) is 23.2 Å². The molecule has 0 bridgehead atoms. The van der Waals surface area contributed by atoms with Gasteiger partial charge in [-0.2, -0.15) is 0 Å². The van der Waals surface area contributed by atoms with Crippen molar-refractivity contribution in [3.8, 4) is 0 Å². The molecule has 0 unspecified atom stereocenters. The van der Waals surface area contributed by atoms with Gasteiger partial charge in [0.25, 0.3) is 0 Å². The van der Waals surface area contributed by atoms with Crippen LogP contribution < -0.4 is 0 Å². The van der Waals surface area contributed by atoms with Crippen molar-refractivity contribution in [1.29, 1.82) is 0 Å². The fraction of sp³-hybridized carbons (Fsp3) is 1.00. The van der Waals surface area contributed by atoms with Gasteiger partial charge in [0.05, 0.1) is 0 Å². The Labute approximate surface area is 85.6 Å². The zero-order chi connectivity index (χ0) is 8.81. The van der Waals surface area contributed by atoms with Gasteiger partial charge in [0.1, 0.15) is 0 Å². The van der Waals surface area contributed by atoms with E-state index in [1.807, 2.05) is 0 Å². The van der Waals surface area contributed by atoms with Crippen molar-refractivity contribution in [3.05, 3.63) is 0 Å². The molecular weight excluding hydrogens is 191 g/mol. The highest BCUT2D eigenvalue weighted by Gasteiger charge is 2.10. The van der Waals surface area contributed by atoms with E-state index in [-0.39, 0.29) is 0 Å². The molecule has 1 aliphatic rings. The summed E-state index contributed by atoms with van der Waals surface area (Å²) in [4.78, 5) is 0. The molecule has 0 heterocycles. The molecule has 0 nitrogen and oxygen atoms in total. The molecule has 1 aliphatic carbocycles. The highest BCUT2D eigenvalue weighted by atomic mass is 35.5. The monoisotopic (exact) mass is 208 g/mol. The van der Waals surface area contributed by atoms with Gasteiger partial charge in [0, 0.05) is 10.8 Å². The van der Waals surface area contributed by atoms with Crippen LogP contribution >= 0.6 is 23.2 Å². The van der Waals surface area contributed by atoms with E-state index >= 15 is 0 Å². The summed E-state index contributed by atoms with van der Waals surface area (Å²) < 4.78 is 0. The standard InChI is InChI=1S/C10H18Cl2/c11-9-5-1-2-6-10(12)8-4-3-7-9/h9-10H,1-8H2. The van der Waals surface area contributed by atoms with Crippen LogP contribution in [0.1, 0.15) is 51.4 Å².